The Labute approximate surface area is 167 Å². The Morgan fingerprint density at radius 3 is 2.56 bits per heavy atom. The van der Waals surface area contributed by atoms with E-state index in [1.54, 1.807) is 7.05 Å². The zero-order chi connectivity index (χ0) is 17.2. The van der Waals surface area contributed by atoms with Crippen LogP contribution in [0.5, 0.6) is 5.75 Å². The largest absolute Gasteiger partial charge is 0.489 e. The van der Waals surface area contributed by atoms with Gasteiger partial charge in [-0.25, -0.2) is 0 Å². The van der Waals surface area contributed by atoms with Gasteiger partial charge >= 0.3 is 0 Å². The van der Waals surface area contributed by atoms with E-state index < -0.39 is 0 Å². The Balaban J connectivity index is 0.00000312. The van der Waals surface area contributed by atoms with E-state index in [2.05, 4.69) is 27.5 Å². The first-order valence-electron chi connectivity index (χ1n) is 8.25. The van der Waals surface area contributed by atoms with Crippen molar-refractivity contribution in [2.75, 3.05) is 20.1 Å². The number of hydrogen-bond donors (Lipinski definition) is 2. The molecule has 2 aromatic rings. The Hall–Kier alpha value is -1.83. The van der Waals surface area contributed by atoms with Crippen molar-refractivity contribution >= 4 is 29.9 Å². The van der Waals surface area contributed by atoms with E-state index in [0.29, 0.717) is 6.54 Å². The van der Waals surface area contributed by atoms with Gasteiger partial charge in [0.2, 0.25) is 0 Å². The lowest BCUT2D eigenvalue weighted by atomic mass is 10.2. The van der Waals surface area contributed by atoms with Gasteiger partial charge in [0.25, 0.3) is 0 Å². The maximum Gasteiger partial charge on any atom is 0.191 e. The van der Waals surface area contributed by atoms with Gasteiger partial charge < -0.3 is 15.4 Å². The minimum Gasteiger partial charge on any atom is -0.489 e. The highest BCUT2D eigenvalue weighted by atomic mass is 127. The van der Waals surface area contributed by atoms with Gasteiger partial charge in [-0.05, 0) is 38.1 Å². The molecule has 5 nitrogen and oxygen atoms in total. The maximum atomic E-state index is 5.88. The van der Waals surface area contributed by atoms with Crippen LogP contribution in [-0.2, 0) is 6.42 Å². The second-order valence-electron chi connectivity index (χ2n) is 5.69. The van der Waals surface area contributed by atoms with Crippen LogP contribution in [0.15, 0.2) is 53.7 Å². The number of rotatable bonds is 7. The number of pyridine rings is 1. The molecule has 1 aromatic carbocycles. The van der Waals surface area contributed by atoms with Gasteiger partial charge in [0.15, 0.2) is 5.96 Å². The first kappa shape index (κ1) is 21.2. The second kappa shape index (κ2) is 11.7. The number of hydrogen-bond acceptors (Lipinski definition) is 3. The van der Waals surface area contributed by atoms with Crippen LogP contribution in [0.3, 0.4) is 0 Å². The summed E-state index contributed by atoms with van der Waals surface area (Å²) in [6.45, 7) is 5.56. The molecule has 0 aliphatic carbocycles. The van der Waals surface area contributed by atoms with Gasteiger partial charge in [0.1, 0.15) is 11.9 Å². The van der Waals surface area contributed by atoms with E-state index in [-0.39, 0.29) is 30.1 Å². The standard InChI is InChI=1S/C19H26N4O.HI/c1-15-7-9-18(10-8-15)24-16(2)14-23-19(20-3)22-13-11-17-6-4-5-12-21-17;/h4-10,12,16H,11,13-14H2,1-3H3,(H2,20,22,23);1H. The van der Waals surface area contributed by atoms with Gasteiger partial charge in [0, 0.05) is 31.9 Å². The summed E-state index contributed by atoms with van der Waals surface area (Å²) in [6.07, 6.45) is 2.71. The van der Waals surface area contributed by atoms with E-state index in [4.69, 9.17) is 4.74 Å². The maximum absolute atomic E-state index is 5.88. The van der Waals surface area contributed by atoms with Crippen LogP contribution in [0.25, 0.3) is 0 Å². The molecule has 0 fully saturated rings. The molecule has 0 bridgehead atoms. The zero-order valence-corrected chi connectivity index (χ0v) is 17.4. The van der Waals surface area contributed by atoms with E-state index in [0.717, 1.165) is 30.4 Å². The van der Waals surface area contributed by atoms with Crippen molar-refractivity contribution < 1.29 is 4.74 Å². The van der Waals surface area contributed by atoms with Crippen LogP contribution in [0.1, 0.15) is 18.2 Å². The lowest BCUT2D eigenvalue weighted by Gasteiger charge is -2.17. The van der Waals surface area contributed by atoms with Crippen molar-refractivity contribution in [3.05, 3.63) is 59.9 Å². The Kier molecular flexibility index (Phi) is 9.91. The minimum atomic E-state index is 0. The van der Waals surface area contributed by atoms with Crippen molar-refractivity contribution in [3.8, 4) is 5.75 Å². The van der Waals surface area contributed by atoms with Crippen LogP contribution in [0.2, 0.25) is 0 Å². The molecule has 136 valence electrons. The van der Waals surface area contributed by atoms with Crippen LogP contribution < -0.4 is 15.4 Å². The third-order valence-corrected chi connectivity index (χ3v) is 3.54. The fourth-order valence-electron chi connectivity index (χ4n) is 2.21. The van der Waals surface area contributed by atoms with Gasteiger partial charge in [-0.3, -0.25) is 9.98 Å². The van der Waals surface area contributed by atoms with Crippen molar-refractivity contribution in [3.63, 3.8) is 0 Å². The van der Waals surface area contributed by atoms with E-state index >= 15 is 0 Å². The van der Waals surface area contributed by atoms with Crippen molar-refractivity contribution in [1.29, 1.82) is 0 Å². The first-order valence-corrected chi connectivity index (χ1v) is 8.25. The molecule has 0 aliphatic heterocycles. The number of nitrogens with zero attached hydrogens (tertiary/aromatic N) is 2. The van der Waals surface area contributed by atoms with Crippen LogP contribution in [0, 0.1) is 6.92 Å². The number of halogens is 1. The smallest absolute Gasteiger partial charge is 0.191 e. The summed E-state index contributed by atoms with van der Waals surface area (Å²) in [5.74, 6) is 1.65. The Morgan fingerprint density at radius 2 is 1.92 bits per heavy atom. The Morgan fingerprint density at radius 1 is 1.16 bits per heavy atom. The topological polar surface area (TPSA) is 58.5 Å². The highest BCUT2D eigenvalue weighted by molar-refractivity contribution is 14.0. The third-order valence-electron chi connectivity index (χ3n) is 3.54. The third kappa shape index (κ3) is 8.20. The lowest BCUT2D eigenvalue weighted by Crippen LogP contribution is -2.42. The summed E-state index contributed by atoms with van der Waals surface area (Å²) in [7, 11) is 1.77. The summed E-state index contributed by atoms with van der Waals surface area (Å²) in [6, 6.07) is 14.0. The molecule has 0 amide bonds. The number of ether oxygens (including phenoxy) is 1. The molecular formula is C19H27IN4O. The SMILES string of the molecule is CN=C(NCCc1ccccn1)NCC(C)Oc1ccc(C)cc1.I. The molecule has 1 atom stereocenters. The van der Waals surface area contributed by atoms with E-state index in [9.17, 15) is 0 Å². The number of guanidine groups is 1. The molecule has 0 saturated carbocycles. The first-order chi connectivity index (χ1) is 11.7. The fourth-order valence-corrected chi connectivity index (χ4v) is 2.21. The van der Waals surface area contributed by atoms with Crippen molar-refractivity contribution in [2.24, 2.45) is 4.99 Å². The fraction of sp³-hybridized carbons (Fsp3) is 0.368. The molecule has 1 unspecified atom stereocenters. The molecule has 0 spiro atoms. The molecule has 2 N–H and O–H groups in total. The van der Waals surface area contributed by atoms with Gasteiger partial charge in [0.05, 0.1) is 6.54 Å². The minimum absolute atomic E-state index is 0. The number of benzene rings is 1. The highest BCUT2D eigenvalue weighted by Gasteiger charge is 2.05. The summed E-state index contributed by atoms with van der Waals surface area (Å²) in [5.41, 5.74) is 2.29. The predicted molar refractivity (Wildman–Crippen MR) is 114 cm³/mol. The second-order valence-corrected chi connectivity index (χ2v) is 5.69. The summed E-state index contributed by atoms with van der Waals surface area (Å²) in [4.78, 5) is 8.54. The Bertz CT molecular complexity index is 632. The number of nitrogens with one attached hydrogen (secondary N) is 2. The normalized spacial score (nSPS) is 12.0. The highest BCUT2D eigenvalue weighted by Crippen LogP contribution is 2.12. The molecule has 25 heavy (non-hydrogen) atoms. The monoisotopic (exact) mass is 454 g/mol. The zero-order valence-electron chi connectivity index (χ0n) is 15.0. The average Bonchev–Trinajstić information content (AvgIpc) is 2.61. The van der Waals surface area contributed by atoms with E-state index in [1.165, 1.54) is 5.56 Å². The van der Waals surface area contributed by atoms with Crippen LogP contribution in [-0.4, -0.2) is 37.2 Å². The van der Waals surface area contributed by atoms with Crippen LogP contribution in [0.4, 0.5) is 0 Å². The predicted octanol–water partition coefficient (Wildman–Crippen LogP) is 3.18. The lowest BCUT2D eigenvalue weighted by molar-refractivity contribution is 0.224. The van der Waals surface area contributed by atoms with Gasteiger partial charge in [-0.1, -0.05) is 23.8 Å². The average molecular weight is 454 g/mol. The molecule has 1 aromatic heterocycles. The van der Waals surface area contributed by atoms with Gasteiger partial charge in [-0.15, -0.1) is 24.0 Å². The van der Waals surface area contributed by atoms with Crippen LogP contribution >= 0.6 is 24.0 Å². The van der Waals surface area contributed by atoms with Crippen molar-refractivity contribution in [1.82, 2.24) is 15.6 Å². The molecule has 0 aliphatic rings. The summed E-state index contributed by atoms with van der Waals surface area (Å²) in [5, 5.41) is 6.57. The summed E-state index contributed by atoms with van der Waals surface area (Å²) >= 11 is 0. The number of aryl methyl sites for hydroxylation is 1. The molecule has 0 radical (unpaired) electrons. The molecule has 2 rings (SSSR count). The number of aromatic nitrogens is 1. The molecule has 6 heteroatoms. The summed E-state index contributed by atoms with van der Waals surface area (Å²) < 4.78 is 5.88. The molecule has 1 heterocycles. The molecular weight excluding hydrogens is 427 g/mol. The van der Waals surface area contributed by atoms with Gasteiger partial charge in [-0.2, -0.15) is 0 Å². The molecule has 0 saturated heterocycles. The van der Waals surface area contributed by atoms with Crippen molar-refractivity contribution in [2.45, 2.75) is 26.4 Å². The van der Waals surface area contributed by atoms with E-state index in [1.807, 2.05) is 55.6 Å². The quantitative estimate of drug-likeness (QED) is 0.384. The number of aliphatic imine (C=N–C) groups is 1.